The van der Waals surface area contributed by atoms with Crippen LogP contribution >= 0.6 is 12.4 Å². The van der Waals surface area contributed by atoms with Gasteiger partial charge < -0.3 is 29.3 Å². The van der Waals surface area contributed by atoms with E-state index in [-0.39, 0.29) is 18.4 Å². The predicted octanol–water partition coefficient (Wildman–Crippen LogP) is 1.89. The van der Waals surface area contributed by atoms with Gasteiger partial charge in [-0.25, -0.2) is 4.79 Å². The number of hydrogen-bond donors (Lipinski definition) is 1. The average Bonchev–Trinajstić information content (AvgIpc) is 2.81. The van der Waals surface area contributed by atoms with E-state index in [0.29, 0.717) is 56.4 Å². The highest BCUT2D eigenvalue weighted by atomic mass is 35.5. The van der Waals surface area contributed by atoms with Crippen LogP contribution in [0.3, 0.4) is 0 Å². The molecule has 4 rings (SSSR count). The van der Waals surface area contributed by atoms with Crippen molar-refractivity contribution in [3.05, 3.63) is 29.8 Å². The molecule has 168 valence electrons. The lowest BCUT2D eigenvalue weighted by Gasteiger charge is -2.30. The van der Waals surface area contributed by atoms with E-state index in [9.17, 15) is 4.79 Å². The van der Waals surface area contributed by atoms with Crippen LogP contribution in [0.1, 0.15) is 17.3 Å². The van der Waals surface area contributed by atoms with Crippen molar-refractivity contribution >= 4 is 41.9 Å². The standard InChI is InChI=1S/C20H26N6O4.ClH/c1-2-30-17(27)15-3-5-16(6-4-15)21-18-22-19(25-7-11-28-12-8-25)24-20(23-18)26-9-13-29-14-10-26;/h3-6H,2,7-14H2,1H3,(H,21,22,23,24);1H. The molecule has 2 aromatic rings. The lowest BCUT2D eigenvalue weighted by molar-refractivity contribution is 0.0526. The van der Waals surface area contributed by atoms with Crippen LogP contribution < -0.4 is 15.1 Å². The Balaban J connectivity index is 0.00000272. The molecule has 2 saturated heterocycles. The van der Waals surface area contributed by atoms with Gasteiger partial charge in [-0.15, -0.1) is 12.4 Å². The van der Waals surface area contributed by atoms with Crippen molar-refractivity contribution in [2.24, 2.45) is 0 Å². The van der Waals surface area contributed by atoms with E-state index in [4.69, 9.17) is 19.2 Å². The van der Waals surface area contributed by atoms with Crippen molar-refractivity contribution in [1.29, 1.82) is 0 Å². The van der Waals surface area contributed by atoms with Crippen molar-refractivity contribution in [3.8, 4) is 0 Å². The number of carbonyl (C=O) groups is 1. The molecule has 0 radical (unpaired) electrons. The number of rotatable bonds is 6. The van der Waals surface area contributed by atoms with E-state index in [1.165, 1.54) is 0 Å². The zero-order valence-electron chi connectivity index (χ0n) is 17.5. The van der Waals surface area contributed by atoms with E-state index in [1.54, 1.807) is 31.2 Å². The predicted molar refractivity (Wildman–Crippen MR) is 119 cm³/mol. The van der Waals surface area contributed by atoms with Crippen LogP contribution in [0, 0.1) is 0 Å². The van der Waals surface area contributed by atoms with Crippen molar-refractivity contribution in [3.63, 3.8) is 0 Å². The highest BCUT2D eigenvalue weighted by Crippen LogP contribution is 2.21. The van der Waals surface area contributed by atoms with Crippen LogP contribution in [0.4, 0.5) is 23.5 Å². The molecule has 11 heteroatoms. The van der Waals surface area contributed by atoms with Gasteiger partial charge in [-0.3, -0.25) is 0 Å². The Labute approximate surface area is 187 Å². The van der Waals surface area contributed by atoms with E-state index >= 15 is 0 Å². The molecule has 0 unspecified atom stereocenters. The highest BCUT2D eigenvalue weighted by molar-refractivity contribution is 5.89. The monoisotopic (exact) mass is 450 g/mol. The topological polar surface area (TPSA) is 102 Å². The van der Waals surface area contributed by atoms with E-state index in [0.717, 1.165) is 31.9 Å². The number of carbonyl (C=O) groups excluding carboxylic acids is 1. The minimum absolute atomic E-state index is 0. The summed E-state index contributed by atoms with van der Waals surface area (Å²) < 4.78 is 15.9. The number of morpholine rings is 2. The average molecular weight is 451 g/mol. The maximum absolute atomic E-state index is 11.8. The number of ether oxygens (including phenoxy) is 3. The second-order valence-electron chi connectivity index (χ2n) is 6.88. The summed E-state index contributed by atoms with van der Waals surface area (Å²) in [5.41, 5.74) is 1.27. The van der Waals surface area contributed by atoms with Crippen molar-refractivity contribution < 1.29 is 19.0 Å². The number of aromatic nitrogens is 3. The Hall–Kier alpha value is -2.69. The highest BCUT2D eigenvalue weighted by Gasteiger charge is 2.20. The summed E-state index contributed by atoms with van der Waals surface area (Å²) in [6.45, 7) is 7.67. The second-order valence-corrected chi connectivity index (χ2v) is 6.88. The van der Waals surface area contributed by atoms with Gasteiger partial charge in [0.1, 0.15) is 0 Å². The van der Waals surface area contributed by atoms with Crippen LogP contribution in [0.25, 0.3) is 0 Å². The van der Waals surface area contributed by atoms with E-state index in [2.05, 4.69) is 25.1 Å². The summed E-state index contributed by atoms with van der Waals surface area (Å²) in [4.78, 5) is 30.0. The summed E-state index contributed by atoms with van der Waals surface area (Å²) in [5, 5.41) is 3.23. The summed E-state index contributed by atoms with van der Waals surface area (Å²) in [5.74, 6) is 1.37. The quantitative estimate of drug-likeness (QED) is 0.656. The molecule has 0 amide bonds. The third kappa shape index (κ3) is 5.93. The summed E-state index contributed by atoms with van der Waals surface area (Å²) in [7, 11) is 0. The molecule has 2 aliphatic heterocycles. The Morgan fingerprint density at radius 1 is 0.935 bits per heavy atom. The maximum Gasteiger partial charge on any atom is 0.338 e. The molecule has 1 aromatic carbocycles. The third-order valence-electron chi connectivity index (χ3n) is 4.85. The normalized spacial score (nSPS) is 16.4. The molecular formula is C20H27ClN6O4. The summed E-state index contributed by atoms with van der Waals surface area (Å²) in [6.07, 6.45) is 0. The van der Waals surface area contributed by atoms with Gasteiger partial charge in [0.2, 0.25) is 17.8 Å². The van der Waals surface area contributed by atoms with Gasteiger partial charge >= 0.3 is 5.97 Å². The molecule has 0 spiro atoms. The van der Waals surface area contributed by atoms with Crippen molar-refractivity contribution in [2.45, 2.75) is 6.92 Å². The zero-order chi connectivity index (χ0) is 20.8. The molecule has 1 N–H and O–H groups in total. The molecular weight excluding hydrogens is 424 g/mol. The van der Waals surface area contributed by atoms with Crippen LogP contribution in [0.2, 0.25) is 0 Å². The fourth-order valence-corrected chi connectivity index (χ4v) is 3.25. The summed E-state index contributed by atoms with van der Waals surface area (Å²) >= 11 is 0. The molecule has 0 atom stereocenters. The van der Waals surface area contributed by atoms with Crippen LogP contribution in [0.5, 0.6) is 0 Å². The second kappa shape index (κ2) is 11.1. The van der Waals surface area contributed by atoms with Gasteiger partial charge in [-0.05, 0) is 31.2 Å². The lowest BCUT2D eigenvalue weighted by atomic mass is 10.2. The third-order valence-corrected chi connectivity index (χ3v) is 4.85. The zero-order valence-corrected chi connectivity index (χ0v) is 18.3. The van der Waals surface area contributed by atoms with Gasteiger partial charge in [0.15, 0.2) is 0 Å². The Kier molecular flexibility index (Phi) is 8.21. The first kappa shape index (κ1) is 23.0. The molecule has 0 bridgehead atoms. The molecule has 0 saturated carbocycles. The number of nitrogens with zero attached hydrogens (tertiary/aromatic N) is 5. The van der Waals surface area contributed by atoms with Gasteiger partial charge in [0, 0.05) is 31.9 Å². The smallest absolute Gasteiger partial charge is 0.338 e. The van der Waals surface area contributed by atoms with Crippen LogP contribution in [0.15, 0.2) is 24.3 Å². The minimum Gasteiger partial charge on any atom is -0.462 e. The molecule has 1 aromatic heterocycles. The number of esters is 1. The number of hydrogen-bond acceptors (Lipinski definition) is 10. The molecule has 2 aliphatic rings. The minimum atomic E-state index is -0.339. The number of nitrogens with one attached hydrogen (secondary N) is 1. The fourth-order valence-electron chi connectivity index (χ4n) is 3.25. The van der Waals surface area contributed by atoms with Gasteiger partial charge in [0.25, 0.3) is 0 Å². The Morgan fingerprint density at radius 2 is 1.45 bits per heavy atom. The van der Waals surface area contributed by atoms with Crippen LogP contribution in [-0.4, -0.2) is 80.1 Å². The Bertz CT molecular complexity index is 821. The van der Waals surface area contributed by atoms with Crippen molar-refractivity contribution in [1.82, 2.24) is 15.0 Å². The maximum atomic E-state index is 11.8. The molecule has 31 heavy (non-hydrogen) atoms. The molecule has 2 fully saturated rings. The van der Waals surface area contributed by atoms with Gasteiger partial charge in [0.05, 0.1) is 38.6 Å². The number of anilines is 4. The first-order valence-electron chi connectivity index (χ1n) is 10.2. The molecule has 3 heterocycles. The van der Waals surface area contributed by atoms with E-state index in [1.807, 2.05) is 0 Å². The number of benzene rings is 1. The van der Waals surface area contributed by atoms with E-state index < -0.39 is 0 Å². The largest absolute Gasteiger partial charge is 0.462 e. The lowest BCUT2D eigenvalue weighted by Crippen LogP contribution is -2.40. The first-order valence-corrected chi connectivity index (χ1v) is 10.2. The summed E-state index contributed by atoms with van der Waals surface area (Å²) in [6, 6.07) is 7.04. The van der Waals surface area contributed by atoms with Crippen molar-refractivity contribution in [2.75, 3.05) is 74.3 Å². The van der Waals surface area contributed by atoms with Crippen LogP contribution in [-0.2, 0) is 14.2 Å². The molecule has 10 nitrogen and oxygen atoms in total. The number of halogens is 1. The molecule has 0 aliphatic carbocycles. The first-order chi connectivity index (χ1) is 14.7. The van der Waals surface area contributed by atoms with Gasteiger partial charge in [-0.1, -0.05) is 0 Å². The fraction of sp³-hybridized carbons (Fsp3) is 0.500. The Morgan fingerprint density at radius 3 is 1.94 bits per heavy atom. The van der Waals surface area contributed by atoms with Gasteiger partial charge in [-0.2, -0.15) is 15.0 Å². The SMILES string of the molecule is CCOC(=O)c1ccc(Nc2nc(N3CCOCC3)nc(N3CCOCC3)n2)cc1.Cl.